The van der Waals surface area contributed by atoms with Crippen molar-refractivity contribution >= 4 is 15.8 Å². The standard InChI is InChI=1S/C16H27N3O2S/c1-6-17-15(19-16(2,3)4)18-12-11-13-7-9-14(10-8-13)22(5,20)21/h7-10H,6,11-12H2,1-5H3,(H2,17,18,19). The Morgan fingerprint density at radius 2 is 1.77 bits per heavy atom. The highest BCUT2D eigenvalue weighted by Crippen LogP contribution is 2.10. The highest BCUT2D eigenvalue weighted by Gasteiger charge is 2.11. The number of nitrogens with zero attached hydrogens (tertiary/aromatic N) is 1. The molecule has 0 bridgehead atoms. The van der Waals surface area contributed by atoms with Crippen LogP contribution in [0, 0.1) is 0 Å². The van der Waals surface area contributed by atoms with Crippen molar-refractivity contribution < 1.29 is 8.42 Å². The largest absolute Gasteiger partial charge is 0.357 e. The van der Waals surface area contributed by atoms with Crippen molar-refractivity contribution in [3.05, 3.63) is 29.8 Å². The van der Waals surface area contributed by atoms with Gasteiger partial charge in [0.15, 0.2) is 15.8 Å². The lowest BCUT2D eigenvalue weighted by molar-refractivity contribution is 0.501. The van der Waals surface area contributed by atoms with Crippen molar-refractivity contribution in [3.8, 4) is 0 Å². The Kier molecular flexibility index (Phi) is 6.41. The zero-order chi connectivity index (χ0) is 16.8. The van der Waals surface area contributed by atoms with Crippen molar-refractivity contribution in [2.75, 3.05) is 19.3 Å². The third-order valence-corrected chi connectivity index (χ3v) is 3.99. The van der Waals surface area contributed by atoms with Gasteiger partial charge in [-0.05, 0) is 51.8 Å². The van der Waals surface area contributed by atoms with Gasteiger partial charge in [-0.25, -0.2) is 8.42 Å². The lowest BCUT2D eigenvalue weighted by Gasteiger charge is -2.23. The van der Waals surface area contributed by atoms with Gasteiger partial charge in [0.2, 0.25) is 0 Å². The van der Waals surface area contributed by atoms with Gasteiger partial charge in [0.25, 0.3) is 0 Å². The minimum Gasteiger partial charge on any atom is -0.357 e. The monoisotopic (exact) mass is 325 g/mol. The molecule has 0 aromatic heterocycles. The normalized spacial score (nSPS) is 13.0. The van der Waals surface area contributed by atoms with Crippen LogP contribution in [-0.2, 0) is 16.3 Å². The summed E-state index contributed by atoms with van der Waals surface area (Å²) in [5.41, 5.74) is 1.03. The first-order valence-corrected chi connectivity index (χ1v) is 9.36. The molecule has 0 saturated carbocycles. The van der Waals surface area contributed by atoms with E-state index in [1.165, 1.54) is 6.26 Å². The predicted molar refractivity (Wildman–Crippen MR) is 92.1 cm³/mol. The molecule has 0 atom stereocenters. The van der Waals surface area contributed by atoms with Crippen LogP contribution in [0.3, 0.4) is 0 Å². The van der Waals surface area contributed by atoms with Crippen LogP contribution < -0.4 is 10.6 Å². The molecule has 5 nitrogen and oxygen atoms in total. The molecule has 1 rings (SSSR count). The minimum absolute atomic E-state index is 0.0435. The summed E-state index contributed by atoms with van der Waals surface area (Å²) in [5, 5.41) is 6.55. The first-order chi connectivity index (χ1) is 10.1. The van der Waals surface area contributed by atoms with Crippen LogP contribution in [0.25, 0.3) is 0 Å². The third kappa shape index (κ3) is 6.93. The number of hydrogen-bond acceptors (Lipinski definition) is 3. The molecule has 0 aliphatic heterocycles. The molecule has 6 heteroatoms. The summed E-state index contributed by atoms with van der Waals surface area (Å²) in [6.07, 6.45) is 1.98. The second-order valence-electron chi connectivity index (χ2n) is 6.30. The maximum atomic E-state index is 11.4. The second-order valence-corrected chi connectivity index (χ2v) is 8.32. The molecule has 0 fully saturated rings. The number of sulfone groups is 1. The van der Waals surface area contributed by atoms with E-state index in [4.69, 9.17) is 0 Å². The molecular weight excluding hydrogens is 298 g/mol. The minimum atomic E-state index is -3.13. The highest BCUT2D eigenvalue weighted by molar-refractivity contribution is 7.90. The van der Waals surface area contributed by atoms with E-state index in [2.05, 4.69) is 36.4 Å². The Balaban J connectivity index is 2.65. The Labute approximate surface area is 134 Å². The molecule has 0 saturated heterocycles. The van der Waals surface area contributed by atoms with Gasteiger partial charge in [0.1, 0.15) is 0 Å². The smallest absolute Gasteiger partial charge is 0.191 e. The third-order valence-electron chi connectivity index (χ3n) is 2.86. The van der Waals surface area contributed by atoms with Crippen LogP contribution in [0.5, 0.6) is 0 Å². The number of hydrogen-bond donors (Lipinski definition) is 2. The van der Waals surface area contributed by atoms with Gasteiger partial charge in [-0.15, -0.1) is 0 Å². The van der Waals surface area contributed by atoms with Gasteiger partial charge < -0.3 is 10.6 Å². The van der Waals surface area contributed by atoms with E-state index in [1.54, 1.807) is 12.1 Å². The average molecular weight is 325 g/mol. The summed E-state index contributed by atoms with van der Waals surface area (Å²) < 4.78 is 22.8. The van der Waals surface area contributed by atoms with Crippen molar-refractivity contribution in [1.82, 2.24) is 10.6 Å². The number of benzene rings is 1. The molecule has 0 heterocycles. The summed E-state index contributed by atoms with van der Waals surface area (Å²) in [5.74, 6) is 0.794. The van der Waals surface area contributed by atoms with E-state index in [-0.39, 0.29) is 5.54 Å². The Bertz CT molecular complexity index is 599. The fraction of sp³-hybridized carbons (Fsp3) is 0.562. The van der Waals surface area contributed by atoms with Crippen molar-refractivity contribution in [2.45, 2.75) is 44.6 Å². The number of rotatable bonds is 5. The van der Waals surface area contributed by atoms with E-state index in [1.807, 2.05) is 19.1 Å². The second kappa shape index (κ2) is 7.63. The average Bonchev–Trinajstić information content (AvgIpc) is 2.36. The van der Waals surface area contributed by atoms with Crippen LogP contribution in [0.1, 0.15) is 33.3 Å². The molecule has 2 N–H and O–H groups in total. The topological polar surface area (TPSA) is 70.6 Å². The molecule has 0 amide bonds. The van der Waals surface area contributed by atoms with Crippen molar-refractivity contribution in [1.29, 1.82) is 0 Å². The van der Waals surface area contributed by atoms with Gasteiger partial charge in [-0.2, -0.15) is 0 Å². The van der Waals surface area contributed by atoms with E-state index < -0.39 is 9.84 Å². The van der Waals surface area contributed by atoms with Gasteiger partial charge in [0.05, 0.1) is 4.90 Å². The fourth-order valence-corrected chi connectivity index (χ4v) is 2.49. The van der Waals surface area contributed by atoms with Crippen molar-refractivity contribution in [3.63, 3.8) is 0 Å². The SMILES string of the molecule is CCNC(=NCCc1ccc(S(C)(=O)=O)cc1)NC(C)(C)C. The molecule has 0 radical (unpaired) electrons. The first-order valence-electron chi connectivity index (χ1n) is 7.47. The summed E-state index contributed by atoms with van der Waals surface area (Å²) in [7, 11) is -3.13. The molecule has 0 aliphatic carbocycles. The number of nitrogens with one attached hydrogen (secondary N) is 2. The van der Waals surface area contributed by atoms with Gasteiger partial charge >= 0.3 is 0 Å². The molecule has 0 spiro atoms. The van der Waals surface area contributed by atoms with Crippen LogP contribution in [0.2, 0.25) is 0 Å². The highest BCUT2D eigenvalue weighted by atomic mass is 32.2. The van der Waals surface area contributed by atoms with Crippen LogP contribution in [0.15, 0.2) is 34.2 Å². The number of guanidine groups is 1. The molecule has 0 aliphatic rings. The van der Waals surface area contributed by atoms with Crippen LogP contribution in [-0.4, -0.2) is 39.3 Å². The maximum Gasteiger partial charge on any atom is 0.191 e. The molecule has 124 valence electrons. The first kappa shape index (κ1) is 18.5. The Hall–Kier alpha value is -1.56. The quantitative estimate of drug-likeness (QED) is 0.641. The van der Waals surface area contributed by atoms with E-state index in [0.29, 0.717) is 11.4 Å². The van der Waals surface area contributed by atoms with Crippen LogP contribution in [0.4, 0.5) is 0 Å². The molecule has 0 unspecified atom stereocenters. The molecular formula is C16H27N3O2S. The number of aliphatic imine (C=N–C) groups is 1. The van der Waals surface area contributed by atoms with E-state index in [0.717, 1.165) is 24.5 Å². The molecule has 1 aromatic rings. The van der Waals surface area contributed by atoms with Gasteiger partial charge in [-0.1, -0.05) is 12.1 Å². The Morgan fingerprint density at radius 3 is 2.23 bits per heavy atom. The van der Waals surface area contributed by atoms with Gasteiger partial charge in [0, 0.05) is 24.9 Å². The van der Waals surface area contributed by atoms with Crippen LogP contribution >= 0.6 is 0 Å². The zero-order valence-electron chi connectivity index (χ0n) is 14.1. The summed E-state index contributed by atoms with van der Waals surface area (Å²) >= 11 is 0. The summed E-state index contributed by atoms with van der Waals surface area (Å²) in [4.78, 5) is 4.89. The molecule has 22 heavy (non-hydrogen) atoms. The summed E-state index contributed by atoms with van der Waals surface area (Å²) in [6.45, 7) is 9.75. The molecule has 1 aromatic carbocycles. The lowest BCUT2D eigenvalue weighted by Crippen LogP contribution is -2.47. The predicted octanol–water partition coefficient (Wildman–Crippen LogP) is 1.99. The van der Waals surface area contributed by atoms with Crippen molar-refractivity contribution in [2.24, 2.45) is 4.99 Å². The van der Waals surface area contributed by atoms with E-state index in [9.17, 15) is 8.42 Å². The maximum absolute atomic E-state index is 11.4. The summed E-state index contributed by atoms with van der Waals surface area (Å²) in [6, 6.07) is 6.98. The Morgan fingerprint density at radius 1 is 1.18 bits per heavy atom. The fourth-order valence-electron chi connectivity index (χ4n) is 1.86. The van der Waals surface area contributed by atoms with E-state index >= 15 is 0 Å². The zero-order valence-corrected chi connectivity index (χ0v) is 14.9. The van der Waals surface area contributed by atoms with Gasteiger partial charge in [-0.3, -0.25) is 4.99 Å². The lowest BCUT2D eigenvalue weighted by atomic mass is 10.1.